The SMILES string of the molecule is c1ccc(-c2nc(-c3ccc(-n4c5ccccc5c5cc(-c6ccc7c(c6)c6ccccc6n7-c6ccc7c(c6)C6(c8ccccc8-7)C7CC8CC(C7)CC6C8)ccc54)cc3)c3ccccc3n2)cc1.c1ccc(-n2c(-c3ccc(-n4c5ccccc5c5cc(-c6ccc7c(c6)c6ccccc6n7-c6ccc7c(c6)C6(c8ccccc8-7)C7CC8CC(C7)CC6C8)ccc54)cc3)nc3ccccc32)cc1. The van der Waals surface area contributed by atoms with Gasteiger partial charge < -0.3 is 18.3 Å². The van der Waals surface area contributed by atoms with Gasteiger partial charge in [0.1, 0.15) is 5.82 Å². The van der Waals surface area contributed by atoms with Gasteiger partial charge in [0.25, 0.3) is 0 Å². The molecule has 18 aromatic carbocycles. The van der Waals surface area contributed by atoms with Gasteiger partial charge in [-0.05, 0) is 342 Å². The van der Waals surface area contributed by atoms with Crippen LogP contribution in [-0.2, 0) is 10.8 Å². The molecule has 8 nitrogen and oxygen atoms in total. The molecule has 0 amide bonds. The molecule has 0 unspecified atom stereocenters. The smallest absolute Gasteiger partial charge is 0.160 e. The first kappa shape index (κ1) is 78.2. The van der Waals surface area contributed by atoms with E-state index in [4.69, 9.17) is 15.0 Å². The van der Waals surface area contributed by atoms with Crippen LogP contribution in [0.2, 0.25) is 0 Å². The molecule has 8 bridgehead atoms. The van der Waals surface area contributed by atoms with Crippen molar-refractivity contribution in [3.05, 3.63) is 435 Å². The highest BCUT2D eigenvalue weighted by atomic mass is 15.1. The molecule has 6 aromatic heterocycles. The lowest BCUT2D eigenvalue weighted by atomic mass is 9.43. The summed E-state index contributed by atoms with van der Waals surface area (Å²) >= 11 is 0. The number of hydrogen-bond acceptors (Lipinski definition) is 3. The highest BCUT2D eigenvalue weighted by Gasteiger charge is 2.63. The van der Waals surface area contributed by atoms with Crippen molar-refractivity contribution in [2.45, 2.75) is 75.0 Å². The van der Waals surface area contributed by atoms with Crippen molar-refractivity contribution in [3.8, 4) is 107 Å². The Kier molecular flexibility index (Phi) is 16.7. The Morgan fingerprint density at radius 3 is 0.935 bits per heavy atom. The van der Waals surface area contributed by atoms with Crippen molar-refractivity contribution in [1.29, 1.82) is 0 Å². The Labute approximate surface area is 805 Å². The summed E-state index contributed by atoms with van der Waals surface area (Å²) in [7, 11) is 0. The summed E-state index contributed by atoms with van der Waals surface area (Å²) in [4.78, 5) is 15.3. The summed E-state index contributed by atoms with van der Waals surface area (Å²) in [6, 6.07) is 154. The Balaban J connectivity index is 0.000000128. The van der Waals surface area contributed by atoms with Crippen LogP contribution in [0.25, 0.3) is 216 Å². The van der Waals surface area contributed by atoms with E-state index >= 15 is 0 Å². The van der Waals surface area contributed by atoms with E-state index in [2.05, 4.69) is 411 Å². The molecule has 10 aliphatic carbocycles. The van der Waals surface area contributed by atoms with Gasteiger partial charge in [-0.25, -0.2) is 15.0 Å². The second-order valence-corrected chi connectivity index (χ2v) is 41.7. The van der Waals surface area contributed by atoms with Crippen molar-refractivity contribution >= 4 is 109 Å². The molecule has 34 rings (SSSR count). The fourth-order valence-corrected chi connectivity index (χ4v) is 29.9. The molecule has 0 atom stereocenters. The molecule has 660 valence electrons. The van der Waals surface area contributed by atoms with E-state index in [1.54, 1.807) is 22.3 Å². The molecule has 8 fully saturated rings. The number of benzene rings is 18. The summed E-state index contributed by atoms with van der Waals surface area (Å²) < 4.78 is 12.2. The molecule has 8 saturated carbocycles. The molecular weight excluding hydrogens is 1690 g/mol. The average molecular weight is 1780 g/mol. The van der Waals surface area contributed by atoms with E-state index < -0.39 is 0 Å². The zero-order valence-electron chi connectivity index (χ0n) is 77.0. The molecule has 8 heteroatoms. The van der Waals surface area contributed by atoms with Crippen LogP contribution < -0.4 is 0 Å². The number of nitrogens with zero attached hydrogens (tertiary/aromatic N) is 8. The van der Waals surface area contributed by atoms with E-state index in [9.17, 15) is 0 Å². The minimum Gasteiger partial charge on any atom is -0.309 e. The Hall–Kier alpha value is -16.0. The fourth-order valence-electron chi connectivity index (χ4n) is 29.9. The molecule has 139 heavy (non-hydrogen) atoms. The highest BCUT2D eigenvalue weighted by molar-refractivity contribution is 6.16. The Bertz CT molecular complexity index is 9240. The first-order valence-electron chi connectivity index (χ1n) is 50.5. The molecule has 2 spiro atoms. The fraction of sp³-hybridized carbons (Fsp3) is 0.153. The van der Waals surface area contributed by atoms with E-state index in [0.29, 0.717) is 0 Å². The summed E-state index contributed by atoms with van der Waals surface area (Å²) in [5.41, 5.74) is 40.3. The van der Waals surface area contributed by atoms with Crippen molar-refractivity contribution in [3.63, 3.8) is 0 Å². The van der Waals surface area contributed by atoms with Gasteiger partial charge in [-0.15, -0.1) is 0 Å². The molecule has 0 N–H and O–H groups in total. The molecule has 0 saturated heterocycles. The Morgan fingerprint density at radius 2 is 0.504 bits per heavy atom. The number of aromatic nitrogens is 8. The number of fused-ring (bicyclic) bond motifs is 20. The standard InChI is InChI=1S/C66H48N4.C65H48N4/c1-2-12-43(13-3-1)65-67-59-19-9-5-17-54(59)64(68-65)42-22-26-48(27-23-42)69-60-20-10-6-15-52(60)55-37-44(24-30-62(55)69)45-25-31-63-56(38-45)53-16-7-11-21-61(53)70(63)49-28-29-51-50-14-4-8-18-57(50)66(58(51)39-49)46-33-40-32-41(35-46)36-47(66)34-40;1-2-12-47(13-3-1)69-63-21-11-8-18-58(63)66-64(69)42-22-26-48(27-23-42)67-59-19-9-5-15-52(59)54-37-43(24-30-61(54)67)44-25-31-62-55(38-44)53-16-6-10-20-60(53)68(62)49-28-29-51-50-14-4-7-17-56(50)65(57(51)39-49)45-33-40-32-41(35-45)36-46(65)34-40/h1-31,37-41,46-47H,32-36H2;1-31,37-41,45-46H,32-36H2. The van der Waals surface area contributed by atoms with Crippen LogP contribution in [-0.4, -0.2) is 37.8 Å². The van der Waals surface area contributed by atoms with E-state index in [0.717, 1.165) is 120 Å². The van der Waals surface area contributed by atoms with Crippen molar-refractivity contribution in [1.82, 2.24) is 37.8 Å². The van der Waals surface area contributed by atoms with Gasteiger partial charge >= 0.3 is 0 Å². The highest BCUT2D eigenvalue weighted by Crippen LogP contribution is 2.72. The average Bonchev–Trinajstić information content (AvgIpc) is 1.53. The zero-order valence-corrected chi connectivity index (χ0v) is 77.0. The summed E-state index contributed by atoms with van der Waals surface area (Å²) in [6.07, 6.45) is 14.1. The molecule has 0 aliphatic heterocycles. The number of imidazole rings is 1. The third kappa shape index (κ3) is 11.3. The van der Waals surface area contributed by atoms with E-state index in [1.807, 2.05) is 24.3 Å². The summed E-state index contributed by atoms with van der Waals surface area (Å²) in [5.74, 6) is 8.30. The van der Waals surface area contributed by atoms with Gasteiger partial charge in [0, 0.05) is 104 Å². The van der Waals surface area contributed by atoms with E-state index in [-0.39, 0.29) is 10.8 Å². The Morgan fingerprint density at radius 1 is 0.187 bits per heavy atom. The topological polar surface area (TPSA) is 63.3 Å². The first-order chi connectivity index (χ1) is 68.8. The molecular formula is C131H96N8. The van der Waals surface area contributed by atoms with Crippen molar-refractivity contribution in [2.24, 2.45) is 47.3 Å². The predicted octanol–water partition coefficient (Wildman–Crippen LogP) is 32.8. The van der Waals surface area contributed by atoms with Gasteiger partial charge in [-0.2, -0.15) is 0 Å². The van der Waals surface area contributed by atoms with Crippen LogP contribution in [0, 0.1) is 47.3 Å². The van der Waals surface area contributed by atoms with Crippen molar-refractivity contribution in [2.75, 3.05) is 0 Å². The summed E-state index contributed by atoms with van der Waals surface area (Å²) in [5, 5.41) is 11.2. The molecule has 24 aromatic rings. The van der Waals surface area contributed by atoms with Crippen LogP contribution in [0.3, 0.4) is 0 Å². The maximum Gasteiger partial charge on any atom is 0.160 e. The van der Waals surface area contributed by atoms with Crippen LogP contribution in [0.5, 0.6) is 0 Å². The maximum absolute atomic E-state index is 5.15. The largest absolute Gasteiger partial charge is 0.309 e. The lowest BCUT2D eigenvalue weighted by molar-refractivity contribution is -0.0399. The van der Waals surface area contributed by atoms with Gasteiger partial charge in [-0.3, -0.25) is 4.57 Å². The minimum absolute atomic E-state index is 0.132. The molecule has 10 aliphatic rings. The maximum atomic E-state index is 5.15. The number of rotatable bonds is 10. The van der Waals surface area contributed by atoms with Crippen molar-refractivity contribution < 1.29 is 0 Å². The first-order valence-corrected chi connectivity index (χ1v) is 50.5. The zero-order chi connectivity index (χ0) is 90.6. The second-order valence-electron chi connectivity index (χ2n) is 41.7. The van der Waals surface area contributed by atoms with Gasteiger partial charge in [0.05, 0.1) is 66.4 Å². The number of hydrogen-bond donors (Lipinski definition) is 0. The number of para-hydroxylation sites is 8. The van der Waals surface area contributed by atoms with Gasteiger partial charge in [-0.1, -0.05) is 249 Å². The van der Waals surface area contributed by atoms with Crippen LogP contribution in [0.4, 0.5) is 0 Å². The minimum atomic E-state index is 0.132. The third-order valence-electron chi connectivity index (χ3n) is 34.9. The molecule has 6 heterocycles. The van der Waals surface area contributed by atoms with Gasteiger partial charge in [0.2, 0.25) is 0 Å². The quantitative estimate of drug-likeness (QED) is 0.137. The normalized spacial score (nSPS) is 21.0. The van der Waals surface area contributed by atoms with E-state index in [1.165, 1.54) is 207 Å². The lowest BCUT2D eigenvalue weighted by Gasteiger charge is -2.61. The summed E-state index contributed by atoms with van der Waals surface area (Å²) in [6.45, 7) is 0. The van der Waals surface area contributed by atoms with Crippen LogP contribution >= 0.6 is 0 Å². The monoisotopic (exact) mass is 1780 g/mol. The lowest BCUT2D eigenvalue weighted by Crippen LogP contribution is -2.55. The van der Waals surface area contributed by atoms with Crippen LogP contribution in [0.1, 0.15) is 86.5 Å². The van der Waals surface area contributed by atoms with Gasteiger partial charge in [0.15, 0.2) is 5.82 Å². The third-order valence-corrected chi connectivity index (χ3v) is 34.9. The van der Waals surface area contributed by atoms with Crippen LogP contribution in [0.15, 0.2) is 413 Å². The second kappa shape index (κ2) is 29.7. The predicted molar refractivity (Wildman–Crippen MR) is 572 cm³/mol. The molecule has 0 radical (unpaired) electrons.